The van der Waals surface area contributed by atoms with Gasteiger partial charge in [-0.05, 0) is 97.5 Å². The van der Waals surface area contributed by atoms with Crippen LogP contribution in [0.2, 0.25) is 5.02 Å². The van der Waals surface area contributed by atoms with Gasteiger partial charge in [-0.1, -0.05) is 42.0 Å². The first-order chi connectivity index (χ1) is 20.6. The van der Waals surface area contributed by atoms with E-state index in [1.807, 2.05) is 73.7 Å². The lowest BCUT2D eigenvalue weighted by Crippen LogP contribution is -2.10. The Bertz CT molecular complexity index is 1670. The number of fused-ring (bicyclic) bond motifs is 1. The van der Waals surface area contributed by atoms with Gasteiger partial charge in [-0.2, -0.15) is 0 Å². The van der Waals surface area contributed by atoms with Crippen molar-refractivity contribution in [1.29, 1.82) is 0 Å². The van der Waals surface area contributed by atoms with Crippen molar-refractivity contribution in [3.63, 3.8) is 0 Å². The molecule has 9 heteroatoms. The van der Waals surface area contributed by atoms with Crippen LogP contribution in [0.25, 0.3) is 23.1 Å². The number of ether oxygens (including phenoxy) is 2. The van der Waals surface area contributed by atoms with Gasteiger partial charge in [0.25, 0.3) is 0 Å². The molecule has 3 aromatic carbocycles. The Morgan fingerprint density at radius 1 is 0.930 bits per heavy atom. The van der Waals surface area contributed by atoms with Gasteiger partial charge in [0.15, 0.2) is 0 Å². The molecule has 0 aliphatic rings. The SMILES string of the molecule is Cc1ccc(OC/C=C/COc2ccc(/C=C/c3ccc(F)c4c(CCCC(=O)O)c(C)n(CC(=O)O)c34)cc2)c(Cl)c1. The number of benzene rings is 3. The summed E-state index contributed by atoms with van der Waals surface area (Å²) in [4.78, 5) is 22.7. The Hall–Kier alpha value is -4.56. The normalized spacial score (nSPS) is 11.5. The zero-order chi connectivity index (χ0) is 30.9. The highest BCUT2D eigenvalue weighted by atomic mass is 35.5. The maximum Gasteiger partial charge on any atom is 0.323 e. The standard InChI is InChI=1S/C34H33ClFNO6/c1-22-8-17-30(28(35)20-22)43-19-4-3-18-42-26-14-10-24(11-15-26)9-12-25-13-16-29(36)33-27(6-5-7-31(38)39)23(2)37(34(25)33)21-32(40)41/h3-4,8-17,20H,5-7,18-19,21H2,1-2H3,(H,38,39)(H,40,41)/b4-3+,12-9+. The summed E-state index contributed by atoms with van der Waals surface area (Å²) in [5.74, 6) is -1.14. The number of rotatable bonds is 14. The third-order valence-corrected chi connectivity index (χ3v) is 7.25. The molecule has 0 saturated heterocycles. The van der Waals surface area contributed by atoms with E-state index in [2.05, 4.69) is 0 Å². The molecule has 0 atom stereocenters. The fourth-order valence-corrected chi connectivity index (χ4v) is 5.15. The van der Waals surface area contributed by atoms with Gasteiger partial charge in [-0.3, -0.25) is 9.59 Å². The maximum atomic E-state index is 15.1. The van der Waals surface area contributed by atoms with Crippen molar-refractivity contribution in [3.8, 4) is 11.5 Å². The van der Waals surface area contributed by atoms with Crippen LogP contribution in [0, 0.1) is 19.7 Å². The van der Waals surface area contributed by atoms with Crippen molar-refractivity contribution in [1.82, 2.24) is 4.57 Å². The first-order valence-corrected chi connectivity index (χ1v) is 14.2. The number of hydrogen-bond acceptors (Lipinski definition) is 4. The van der Waals surface area contributed by atoms with E-state index < -0.39 is 17.8 Å². The predicted octanol–water partition coefficient (Wildman–Crippen LogP) is 7.73. The number of aromatic nitrogens is 1. The first-order valence-electron chi connectivity index (χ1n) is 13.8. The topological polar surface area (TPSA) is 98.0 Å². The Morgan fingerprint density at radius 3 is 2.33 bits per heavy atom. The number of aryl methyl sites for hydroxylation is 2. The maximum absolute atomic E-state index is 15.1. The fourth-order valence-electron chi connectivity index (χ4n) is 4.86. The molecule has 2 N–H and O–H groups in total. The third-order valence-electron chi connectivity index (χ3n) is 6.95. The van der Waals surface area contributed by atoms with Gasteiger partial charge in [-0.25, -0.2) is 4.39 Å². The molecule has 1 aromatic heterocycles. The van der Waals surface area contributed by atoms with Gasteiger partial charge < -0.3 is 24.3 Å². The molecular weight excluding hydrogens is 573 g/mol. The summed E-state index contributed by atoms with van der Waals surface area (Å²) in [6.07, 6.45) is 8.00. The number of carboxylic acids is 2. The number of carbonyl (C=O) groups is 2. The molecule has 43 heavy (non-hydrogen) atoms. The van der Waals surface area contributed by atoms with Crippen molar-refractivity contribution in [2.45, 2.75) is 39.7 Å². The number of hydrogen-bond donors (Lipinski definition) is 2. The second kappa shape index (κ2) is 14.6. The van der Waals surface area contributed by atoms with Crippen LogP contribution < -0.4 is 9.47 Å². The van der Waals surface area contributed by atoms with Crippen molar-refractivity contribution in [2.75, 3.05) is 13.2 Å². The molecule has 7 nitrogen and oxygen atoms in total. The Labute approximate surface area is 254 Å². The summed E-state index contributed by atoms with van der Waals surface area (Å²) < 4.78 is 28.1. The van der Waals surface area contributed by atoms with Crippen LogP contribution in [0.5, 0.6) is 11.5 Å². The fraction of sp³-hybridized carbons (Fsp3) is 0.235. The molecule has 0 unspecified atom stereocenters. The van der Waals surface area contributed by atoms with Crippen LogP contribution >= 0.6 is 11.6 Å². The van der Waals surface area contributed by atoms with E-state index in [4.69, 9.17) is 26.2 Å². The molecule has 0 spiro atoms. The molecule has 0 saturated carbocycles. The molecule has 4 rings (SSSR count). The van der Waals surface area contributed by atoms with Crippen molar-refractivity contribution in [2.24, 2.45) is 0 Å². The van der Waals surface area contributed by atoms with Gasteiger partial charge >= 0.3 is 11.9 Å². The van der Waals surface area contributed by atoms with Gasteiger partial charge in [0.2, 0.25) is 0 Å². The Kier molecular flexibility index (Phi) is 10.6. The van der Waals surface area contributed by atoms with Crippen LogP contribution in [0.3, 0.4) is 0 Å². The van der Waals surface area contributed by atoms with Crippen molar-refractivity contribution >= 4 is 46.6 Å². The molecule has 224 valence electrons. The average Bonchev–Trinajstić information content (AvgIpc) is 3.23. The molecule has 4 aromatic rings. The Morgan fingerprint density at radius 2 is 1.65 bits per heavy atom. The highest BCUT2D eigenvalue weighted by molar-refractivity contribution is 6.32. The van der Waals surface area contributed by atoms with Gasteiger partial charge in [0.05, 0.1) is 10.5 Å². The molecule has 0 fully saturated rings. The highest BCUT2D eigenvalue weighted by Crippen LogP contribution is 2.33. The number of carboxylic acid groups (broad SMARTS) is 2. The molecule has 0 amide bonds. The van der Waals surface area contributed by atoms with E-state index in [1.165, 1.54) is 6.07 Å². The third kappa shape index (κ3) is 8.26. The lowest BCUT2D eigenvalue weighted by molar-refractivity contribution is -0.138. The lowest BCUT2D eigenvalue weighted by Gasteiger charge is -2.08. The summed E-state index contributed by atoms with van der Waals surface area (Å²) in [6.45, 7) is 4.10. The number of halogens is 2. The van der Waals surface area contributed by atoms with Crippen LogP contribution in [-0.2, 0) is 22.6 Å². The largest absolute Gasteiger partial charge is 0.490 e. The van der Waals surface area contributed by atoms with Gasteiger partial charge in [0, 0.05) is 17.5 Å². The minimum atomic E-state index is -1.05. The van der Waals surface area contributed by atoms with E-state index in [0.717, 1.165) is 11.1 Å². The van der Waals surface area contributed by atoms with E-state index in [1.54, 1.807) is 17.6 Å². The quantitative estimate of drug-likeness (QED) is 0.113. The zero-order valence-electron chi connectivity index (χ0n) is 24.0. The summed E-state index contributed by atoms with van der Waals surface area (Å²) in [7, 11) is 0. The van der Waals surface area contributed by atoms with E-state index in [9.17, 15) is 14.7 Å². The van der Waals surface area contributed by atoms with Crippen LogP contribution in [-0.4, -0.2) is 39.9 Å². The molecular formula is C34H33ClFNO6. The molecule has 0 aliphatic carbocycles. The molecule has 0 bridgehead atoms. The number of aliphatic carboxylic acids is 2. The van der Waals surface area contributed by atoms with Crippen LogP contribution in [0.4, 0.5) is 4.39 Å². The van der Waals surface area contributed by atoms with Crippen LogP contribution in [0.15, 0.2) is 66.7 Å². The minimum Gasteiger partial charge on any atom is -0.490 e. The van der Waals surface area contributed by atoms with E-state index in [-0.39, 0.29) is 13.0 Å². The first kappa shape index (κ1) is 31.4. The average molecular weight is 606 g/mol. The minimum absolute atomic E-state index is 0.0555. The number of nitrogens with zero attached hydrogens (tertiary/aromatic N) is 1. The summed E-state index contributed by atoms with van der Waals surface area (Å²) in [6, 6.07) is 16.1. The molecule has 0 aliphatic heterocycles. The van der Waals surface area contributed by atoms with Gasteiger partial charge in [-0.15, -0.1) is 0 Å². The van der Waals surface area contributed by atoms with Gasteiger partial charge in [0.1, 0.15) is 37.1 Å². The van der Waals surface area contributed by atoms with E-state index >= 15 is 4.39 Å². The van der Waals surface area contributed by atoms with E-state index in [0.29, 0.717) is 70.3 Å². The highest BCUT2D eigenvalue weighted by Gasteiger charge is 2.21. The molecule has 1 heterocycles. The second-order valence-corrected chi connectivity index (χ2v) is 10.5. The summed E-state index contributed by atoms with van der Waals surface area (Å²) >= 11 is 6.18. The second-order valence-electron chi connectivity index (χ2n) is 10.1. The van der Waals surface area contributed by atoms with Crippen molar-refractivity contribution < 1.29 is 33.7 Å². The van der Waals surface area contributed by atoms with Crippen molar-refractivity contribution in [3.05, 3.63) is 106 Å². The van der Waals surface area contributed by atoms with Crippen LogP contribution in [0.1, 0.15) is 40.8 Å². The lowest BCUT2D eigenvalue weighted by atomic mass is 10.0. The molecule has 0 radical (unpaired) electrons. The zero-order valence-corrected chi connectivity index (χ0v) is 24.7. The Balaban J connectivity index is 1.43. The summed E-state index contributed by atoms with van der Waals surface area (Å²) in [5.41, 5.74) is 4.32. The smallest absolute Gasteiger partial charge is 0.323 e. The summed E-state index contributed by atoms with van der Waals surface area (Å²) in [5, 5.41) is 19.5. The monoisotopic (exact) mass is 605 g/mol. The predicted molar refractivity (Wildman–Crippen MR) is 167 cm³/mol.